The first kappa shape index (κ1) is 16.0. The van der Waals surface area contributed by atoms with Crippen LogP contribution in [0.15, 0.2) is 0 Å². The van der Waals surface area contributed by atoms with E-state index in [2.05, 4.69) is 48.5 Å². The molecule has 0 heteroatoms. The highest BCUT2D eigenvalue weighted by Crippen LogP contribution is 2.33. The minimum atomic E-state index is 0.850. The van der Waals surface area contributed by atoms with Crippen molar-refractivity contribution < 1.29 is 0 Å². The van der Waals surface area contributed by atoms with Crippen LogP contribution in [-0.4, -0.2) is 0 Å². The lowest BCUT2D eigenvalue weighted by molar-refractivity contribution is 0.185. The molecule has 16 heavy (non-hydrogen) atoms. The third kappa shape index (κ3) is 4.89. The van der Waals surface area contributed by atoms with Crippen LogP contribution in [0.25, 0.3) is 0 Å². The van der Waals surface area contributed by atoms with Gasteiger partial charge in [0.05, 0.1) is 0 Å². The van der Waals surface area contributed by atoms with E-state index in [1.165, 1.54) is 25.7 Å². The summed E-state index contributed by atoms with van der Waals surface area (Å²) in [6, 6.07) is 0. The summed E-state index contributed by atoms with van der Waals surface area (Å²) in [7, 11) is 0. The summed E-state index contributed by atoms with van der Waals surface area (Å²) >= 11 is 0. The van der Waals surface area contributed by atoms with Crippen LogP contribution in [0.3, 0.4) is 0 Å². The second-order valence-corrected chi connectivity index (χ2v) is 6.06. The van der Waals surface area contributed by atoms with E-state index >= 15 is 0 Å². The van der Waals surface area contributed by atoms with E-state index in [1.54, 1.807) is 0 Å². The monoisotopic (exact) mass is 226 g/mol. The zero-order valence-corrected chi connectivity index (χ0v) is 12.7. The highest BCUT2D eigenvalue weighted by Gasteiger charge is 2.24. The molecule has 4 unspecified atom stereocenters. The Labute approximate surface area is 104 Å². The van der Waals surface area contributed by atoms with E-state index < -0.39 is 0 Å². The zero-order valence-electron chi connectivity index (χ0n) is 12.7. The summed E-state index contributed by atoms with van der Waals surface area (Å²) in [5.74, 6) is 4.49. The van der Waals surface area contributed by atoms with E-state index in [0.29, 0.717) is 0 Å². The van der Waals surface area contributed by atoms with Gasteiger partial charge in [0.1, 0.15) is 0 Å². The van der Waals surface area contributed by atoms with Crippen molar-refractivity contribution in [1.29, 1.82) is 0 Å². The molecular formula is C16H34. The molecule has 0 aromatic rings. The highest BCUT2D eigenvalue weighted by molar-refractivity contribution is 4.74. The molecule has 0 rings (SSSR count). The first-order valence-corrected chi connectivity index (χ1v) is 7.47. The molecular weight excluding hydrogens is 192 g/mol. The fourth-order valence-corrected chi connectivity index (χ4v) is 2.89. The quantitative estimate of drug-likeness (QED) is 0.493. The van der Waals surface area contributed by atoms with Crippen LogP contribution in [0.5, 0.6) is 0 Å². The van der Waals surface area contributed by atoms with Crippen LogP contribution < -0.4 is 0 Å². The van der Waals surface area contributed by atoms with Gasteiger partial charge < -0.3 is 0 Å². The predicted octanol–water partition coefficient (Wildman–Crippen LogP) is 5.77. The summed E-state index contributed by atoms with van der Waals surface area (Å²) in [4.78, 5) is 0. The Hall–Kier alpha value is 0. The summed E-state index contributed by atoms with van der Waals surface area (Å²) in [5.41, 5.74) is 0. The molecule has 0 amide bonds. The molecule has 0 nitrogen and oxygen atoms in total. The normalized spacial score (nSPS) is 19.5. The Bertz CT molecular complexity index is 159. The molecule has 0 N–H and O–H groups in total. The Morgan fingerprint density at radius 1 is 0.688 bits per heavy atom. The van der Waals surface area contributed by atoms with Crippen molar-refractivity contribution in [3.63, 3.8) is 0 Å². The lowest BCUT2D eigenvalue weighted by Gasteiger charge is -2.32. The maximum absolute atomic E-state index is 2.47. The molecule has 0 fully saturated rings. The number of rotatable bonds is 8. The molecule has 0 saturated heterocycles. The van der Waals surface area contributed by atoms with Crippen molar-refractivity contribution in [2.24, 2.45) is 29.6 Å². The lowest BCUT2D eigenvalue weighted by atomic mass is 9.74. The number of hydrogen-bond donors (Lipinski definition) is 0. The summed E-state index contributed by atoms with van der Waals surface area (Å²) < 4.78 is 0. The van der Waals surface area contributed by atoms with Gasteiger partial charge in [0.25, 0.3) is 0 Å². The maximum atomic E-state index is 2.47. The van der Waals surface area contributed by atoms with Crippen molar-refractivity contribution in [2.75, 3.05) is 0 Å². The molecule has 0 radical (unpaired) electrons. The number of hydrogen-bond acceptors (Lipinski definition) is 0. The Morgan fingerprint density at radius 2 is 1.19 bits per heavy atom. The van der Waals surface area contributed by atoms with Gasteiger partial charge in [-0.05, 0) is 36.0 Å². The highest BCUT2D eigenvalue weighted by atomic mass is 14.3. The second kappa shape index (κ2) is 8.14. The first-order valence-electron chi connectivity index (χ1n) is 7.47. The molecule has 4 atom stereocenters. The SMILES string of the molecule is CCC(C)C(C)C(CC)CC(CC)C(C)C. The minimum absolute atomic E-state index is 0.850. The summed E-state index contributed by atoms with van der Waals surface area (Å²) in [6.45, 7) is 16.7. The average molecular weight is 226 g/mol. The van der Waals surface area contributed by atoms with Crippen molar-refractivity contribution in [1.82, 2.24) is 0 Å². The smallest absolute Gasteiger partial charge is 0.0386 e. The van der Waals surface area contributed by atoms with E-state index in [-0.39, 0.29) is 0 Å². The van der Waals surface area contributed by atoms with Gasteiger partial charge >= 0.3 is 0 Å². The topological polar surface area (TPSA) is 0 Å². The molecule has 0 aromatic carbocycles. The zero-order chi connectivity index (χ0) is 12.7. The van der Waals surface area contributed by atoms with E-state index in [1.807, 2.05) is 0 Å². The van der Waals surface area contributed by atoms with Crippen LogP contribution in [0.1, 0.15) is 74.1 Å². The van der Waals surface area contributed by atoms with Gasteiger partial charge in [0, 0.05) is 0 Å². The van der Waals surface area contributed by atoms with Gasteiger partial charge in [-0.2, -0.15) is 0 Å². The van der Waals surface area contributed by atoms with Gasteiger partial charge in [-0.1, -0.05) is 67.7 Å². The predicted molar refractivity (Wildman–Crippen MR) is 75.6 cm³/mol. The molecule has 0 aliphatic carbocycles. The Balaban J connectivity index is 4.37. The van der Waals surface area contributed by atoms with Crippen LogP contribution in [0.4, 0.5) is 0 Å². The molecule has 0 aliphatic heterocycles. The van der Waals surface area contributed by atoms with E-state index in [9.17, 15) is 0 Å². The van der Waals surface area contributed by atoms with Crippen LogP contribution in [0.2, 0.25) is 0 Å². The molecule has 0 aromatic heterocycles. The third-order valence-electron chi connectivity index (χ3n) is 4.88. The van der Waals surface area contributed by atoms with E-state index in [4.69, 9.17) is 0 Å². The van der Waals surface area contributed by atoms with Crippen LogP contribution >= 0.6 is 0 Å². The van der Waals surface area contributed by atoms with E-state index in [0.717, 1.165) is 29.6 Å². The van der Waals surface area contributed by atoms with Crippen LogP contribution in [0, 0.1) is 29.6 Å². The lowest BCUT2D eigenvalue weighted by Crippen LogP contribution is -2.22. The standard InChI is InChI=1S/C16H34/c1-8-13(6)14(7)16(10-3)11-15(9-2)12(4)5/h12-16H,8-11H2,1-7H3. The first-order chi connectivity index (χ1) is 7.47. The minimum Gasteiger partial charge on any atom is -0.0651 e. The van der Waals surface area contributed by atoms with Crippen LogP contribution in [-0.2, 0) is 0 Å². The molecule has 98 valence electrons. The Morgan fingerprint density at radius 3 is 1.50 bits per heavy atom. The largest absolute Gasteiger partial charge is 0.0651 e. The summed E-state index contributed by atoms with van der Waals surface area (Å²) in [6.07, 6.45) is 5.47. The third-order valence-corrected chi connectivity index (χ3v) is 4.88. The summed E-state index contributed by atoms with van der Waals surface area (Å²) in [5, 5.41) is 0. The molecule has 0 heterocycles. The average Bonchev–Trinajstić information content (AvgIpc) is 2.28. The van der Waals surface area contributed by atoms with Crippen molar-refractivity contribution in [2.45, 2.75) is 74.1 Å². The van der Waals surface area contributed by atoms with Crippen molar-refractivity contribution in [3.05, 3.63) is 0 Å². The van der Waals surface area contributed by atoms with Gasteiger partial charge in [-0.15, -0.1) is 0 Å². The van der Waals surface area contributed by atoms with Gasteiger partial charge in [0.2, 0.25) is 0 Å². The van der Waals surface area contributed by atoms with Gasteiger partial charge in [0.15, 0.2) is 0 Å². The van der Waals surface area contributed by atoms with Gasteiger partial charge in [-0.25, -0.2) is 0 Å². The van der Waals surface area contributed by atoms with Gasteiger partial charge in [-0.3, -0.25) is 0 Å². The Kier molecular flexibility index (Phi) is 8.14. The van der Waals surface area contributed by atoms with Crippen molar-refractivity contribution in [3.8, 4) is 0 Å². The maximum Gasteiger partial charge on any atom is -0.0386 e. The molecule has 0 spiro atoms. The fraction of sp³-hybridized carbons (Fsp3) is 1.00. The molecule has 0 aliphatic rings. The molecule has 0 bridgehead atoms. The fourth-order valence-electron chi connectivity index (χ4n) is 2.89. The van der Waals surface area contributed by atoms with Crippen molar-refractivity contribution >= 4 is 0 Å². The second-order valence-electron chi connectivity index (χ2n) is 6.06. The molecule has 0 saturated carbocycles.